The first-order valence-corrected chi connectivity index (χ1v) is 6.27. The van der Waals surface area contributed by atoms with Crippen LogP contribution in [0.2, 0.25) is 5.02 Å². The van der Waals surface area contributed by atoms with Crippen molar-refractivity contribution in [2.75, 3.05) is 13.2 Å². The van der Waals surface area contributed by atoms with E-state index in [9.17, 15) is 4.79 Å². The Labute approximate surface area is 112 Å². The molecule has 4 nitrogen and oxygen atoms in total. The van der Waals surface area contributed by atoms with E-state index in [4.69, 9.17) is 26.8 Å². The highest BCUT2D eigenvalue weighted by Gasteiger charge is 2.27. The van der Waals surface area contributed by atoms with Gasteiger partial charge >= 0.3 is 5.97 Å². The van der Waals surface area contributed by atoms with Crippen LogP contribution < -0.4 is 5.73 Å². The zero-order valence-corrected chi connectivity index (χ0v) is 11.3. The maximum atomic E-state index is 11.6. The average molecular weight is 272 g/mol. The first-order chi connectivity index (χ1) is 8.60. The molecule has 0 aliphatic rings. The van der Waals surface area contributed by atoms with Crippen LogP contribution in [0.3, 0.4) is 0 Å². The van der Waals surface area contributed by atoms with Crippen molar-refractivity contribution in [1.82, 2.24) is 0 Å². The van der Waals surface area contributed by atoms with Gasteiger partial charge in [0.2, 0.25) is 0 Å². The first kappa shape index (κ1) is 15.0. The number of hydrogen-bond donors (Lipinski definition) is 1. The summed E-state index contributed by atoms with van der Waals surface area (Å²) >= 11 is 5.82. The Morgan fingerprint density at radius 3 is 2.39 bits per heavy atom. The number of rotatable bonds is 6. The van der Waals surface area contributed by atoms with Crippen molar-refractivity contribution in [3.63, 3.8) is 0 Å². The van der Waals surface area contributed by atoms with Crippen LogP contribution in [0.25, 0.3) is 0 Å². The Morgan fingerprint density at radius 2 is 1.89 bits per heavy atom. The lowest BCUT2D eigenvalue weighted by atomic mass is 10.0. The van der Waals surface area contributed by atoms with Gasteiger partial charge in [-0.25, -0.2) is 0 Å². The molecule has 0 fully saturated rings. The van der Waals surface area contributed by atoms with Gasteiger partial charge < -0.3 is 15.2 Å². The number of esters is 1. The number of carbonyl (C=O) groups excluding carboxylic acids is 1. The van der Waals surface area contributed by atoms with Crippen molar-refractivity contribution in [1.29, 1.82) is 0 Å². The van der Waals surface area contributed by atoms with Gasteiger partial charge in [0.15, 0.2) is 0 Å². The van der Waals surface area contributed by atoms with Crippen LogP contribution in [0, 0.1) is 0 Å². The Hall–Kier alpha value is -1.10. The summed E-state index contributed by atoms with van der Waals surface area (Å²) < 4.78 is 10.4. The quantitative estimate of drug-likeness (QED) is 0.807. The maximum Gasteiger partial charge on any atom is 0.325 e. The molecule has 0 aliphatic carbocycles. The third-order valence-corrected chi connectivity index (χ3v) is 2.68. The van der Waals surface area contributed by atoms with Crippen molar-refractivity contribution >= 4 is 17.6 Å². The highest BCUT2D eigenvalue weighted by atomic mass is 35.5. The lowest BCUT2D eigenvalue weighted by Crippen LogP contribution is -2.39. The highest BCUT2D eigenvalue weighted by Crippen LogP contribution is 2.23. The summed E-state index contributed by atoms with van der Waals surface area (Å²) in [7, 11) is 0. The Morgan fingerprint density at radius 1 is 1.28 bits per heavy atom. The fraction of sp³-hybridized carbons (Fsp3) is 0.462. The van der Waals surface area contributed by atoms with E-state index in [0.717, 1.165) is 5.56 Å². The van der Waals surface area contributed by atoms with Crippen LogP contribution in [0.1, 0.15) is 25.5 Å². The molecule has 1 aromatic carbocycles. The van der Waals surface area contributed by atoms with Crippen LogP contribution in [0.15, 0.2) is 24.3 Å². The van der Waals surface area contributed by atoms with Crippen LogP contribution in [-0.4, -0.2) is 25.2 Å². The molecule has 0 saturated heterocycles. The van der Waals surface area contributed by atoms with Crippen LogP contribution in [0.5, 0.6) is 0 Å². The molecule has 1 aromatic rings. The standard InChI is InChI=1S/C13H18ClNO3/c1-3-17-12(11(15)13(16)18-4-2)9-5-7-10(14)8-6-9/h5-8,11-12H,3-4,15H2,1-2H3. The molecule has 100 valence electrons. The van der Waals surface area contributed by atoms with Gasteiger partial charge in [0, 0.05) is 11.6 Å². The Bertz CT molecular complexity index is 380. The summed E-state index contributed by atoms with van der Waals surface area (Å²) in [6, 6.07) is 6.22. The van der Waals surface area contributed by atoms with Gasteiger partial charge in [-0.1, -0.05) is 23.7 Å². The Kier molecular flexibility index (Phi) is 6.12. The largest absolute Gasteiger partial charge is 0.465 e. The van der Waals surface area contributed by atoms with Crippen molar-refractivity contribution in [3.8, 4) is 0 Å². The molecule has 0 amide bonds. The average Bonchev–Trinajstić information content (AvgIpc) is 2.37. The number of hydrogen-bond acceptors (Lipinski definition) is 4. The van der Waals surface area contributed by atoms with Gasteiger partial charge in [-0.05, 0) is 31.5 Å². The smallest absolute Gasteiger partial charge is 0.325 e. The van der Waals surface area contributed by atoms with Crippen molar-refractivity contribution in [2.24, 2.45) is 5.73 Å². The lowest BCUT2D eigenvalue weighted by molar-refractivity contribution is -0.148. The molecule has 0 heterocycles. The molecule has 1 rings (SSSR count). The third kappa shape index (κ3) is 3.98. The van der Waals surface area contributed by atoms with E-state index in [0.29, 0.717) is 18.2 Å². The van der Waals surface area contributed by atoms with Gasteiger partial charge in [0.25, 0.3) is 0 Å². The fourth-order valence-electron chi connectivity index (χ4n) is 1.60. The molecule has 0 spiro atoms. The minimum Gasteiger partial charge on any atom is -0.465 e. The van der Waals surface area contributed by atoms with E-state index >= 15 is 0 Å². The van der Waals surface area contributed by atoms with Crippen molar-refractivity contribution in [3.05, 3.63) is 34.9 Å². The summed E-state index contributed by atoms with van der Waals surface area (Å²) in [5.41, 5.74) is 6.68. The monoisotopic (exact) mass is 271 g/mol. The summed E-state index contributed by atoms with van der Waals surface area (Å²) in [6.45, 7) is 4.34. The summed E-state index contributed by atoms with van der Waals surface area (Å²) in [6.07, 6.45) is -0.522. The van der Waals surface area contributed by atoms with E-state index in [1.54, 1.807) is 31.2 Å². The fourth-order valence-corrected chi connectivity index (χ4v) is 1.73. The molecule has 18 heavy (non-hydrogen) atoms. The molecule has 5 heteroatoms. The van der Waals surface area contributed by atoms with E-state index in [-0.39, 0.29) is 0 Å². The van der Waals surface area contributed by atoms with Crippen LogP contribution >= 0.6 is 11.6 Å². The predicted octanol–water partition coefficient (Wildman–Crippen LogP) is 2.31. The normalized spacial score (nSPS) is 14.0. The number of ether oxygens (including phenoxy) is 2. The molecule has 0 saturated carbocycles. The van der Waals surface area contributed by atoms with E-state index in [1.807, 2.05) is 6.92 Å². The molecule has 0 radical (unpaired) electrons. The van der Waals surface area contributed by atoms with Gasteiger partial charge in [-0.2, -0.15) is 0 Å². The summed E-state index contributed by atoms with van der Waals surface area (Å²) in [4.78, 5) is 11.6. The van der Waals surface area contributed by atoms with Crippen molar-refractivity contribution in [2.45, 2.75) is 26.0 Å². The minimum atomic E-state index is -0.842. The lowest BCUT2D eigenvalue weighted by Gasteiger charge is -2.22. The summed E-state index contributed by atoms with van der Waals surface area (Å²) in [5, 5.41) is 0.624. The predicted molar refractivity (Wildman–Crippen MR) is 70.4 cm³/mol. The number of nitrogens with two attached hydrogens (primary N) is 1. The van der Waals surface area contributed by atoms with E-state index in [2.05, 4.69) is 0 Å². The maximum absolute atomic E-state index is 11.6. The van der Waals surface area contributed by atoms with Gasteiger partial charge in [0.1, 0.15) is 12.1 Å². The number of benzene rings is 1. The van der Waals surface area contributed by atoms with Crippen LogP contribution in [-0.2, 0) is 14.3 Å². The topological polar surface area (TPSA) is 61.5 Å². The second-order valence-electron chi connectivity index (χ2n) is 3.71. The Balaban J connectivity index is 2.87. The van der Waals surface area contributed by atoms with Crippen LogP contribution in [0.4, 0.5) is 0 Å². The third-order valence-electron chi connectivity index (χ3n) is 2.43. The molecule has 0 aromatic heterocycles. The zero-order chi connectivity index (χ0) is 13.5. The van der Waals surface area contributed by atoms with Gasteiger partial charge in [0.05, 0.1) is 6.61 Å². The molecular formula is C13H18ClNO3. The summed E-state index contributed by atoms with van der Waals surface area (Å²) in [5.74, 6) is -0.467. The number of halogens is 1. The molecule has 0 bridgehead atoms. The molecule has 0 aliphatic heterocycles. The molecular weight excluding hydrogens is 254 g/mol. The number of carbonyl (C=O) groups is 1. The molecule has 2 N–H and O–H groups in total. The van der Waals surface area contributed by atoms with E-state index < -0.39 is 18.1 Å². The molecule has 2 unspecified atom stereocenters. The van der Waals surface area contributed by atoms with Gasteiger partial charge in [-0.15, -0.1) is 0 Å². The SMILES string of the molecule is CCOC(=O)C(N)C(OCC)c1ccc(Cl)cc1. The zero-order valence-electron chi connectivity index (χ0n) is 10.6. The van der Waals surface area contributed by atoms with E-state index in [1.165, 1.54) is 0 Å². The van der Waals surface area contributed by atoms with Gasteiger partial charge in [-0.3, -0.25) is 4.79 Å². The van der Waals surface area contributed by atoms with Crippen molar-refractivity contribution < 1.29 is 14.3 Å². The minimum absolute atomic E-state index is 0.298. The second-order valence-corrected chi connectivity index (χ2v) is 4.14. The second kappa shape index (κ2) is 7.36. The first-order valence-electron chi connectivity index (χ1n) is 5.89. The highest BCUT2D eigenvalue weighted by molar-refractivity contribution is 6.30. The molecule has 2 atom stereocenters.